The van der Waals surface area contributed by atoms with Crippen molar-refractivity contribution in [2.45, 2.75) is 372 Å². The summed E-state index contributed by atoms with van der Waals surface area (Å²) in [6.45, 7) is 88.6. The van der Waals surface area contributed by atoms with E-state index in [2.05, 4.69) is 311 Å². The van der Waals surface area contributed by atoms with E-state index in [0.29, 0.717) is 0 Å². The average molecular weight is 1500 g/mol. The summed E-state index contributed by atoms with van der Waals surface area (Å²) < 4.78 is 41.0. The molecule has 608 valence electrons. The van der Waals surface area contributed by atoms with E-state index in [9.17, 15) is 0 Å². The number of hydrogen-bond donors (Lipinski definition) is 0. The van der Waals surface area contributed by atoms with Crippen molar-refractivity contribution in [1.82, 2.24) is 49.8 Å². The van der Waals surface area contributed by atoms with Gasteiger partial charge in [-0.15, -0.1) is 0 Å². The van der Waals surface area contributed by atoms with E-state index in [1.807, 2.05) is 91.7 Å². The Balaban J connectivity index is 0.000000601. The maximum atomic E-state index is 5.56. The molecule has 9 aromatic rings. The predicted octanol–water partition coefficient (Wildman–Crippen LogP) is 25.0. The first kappa shape index (κ1) is 98.4. The minimum absolute atomic E-state index is 0.0760. The molecule has 0 bridgehead atoms. The van der Waals surface area contributed by atoms with Crippen LogP contribution in [-0.2, 0) is 88.5 Å². The molecule has 1 aliphatic rings. The Morgan fingerprint density at radius 3 is 1.26 bits per heavy atom. The molecule has 0 saturated carbocycles. The highest BCUT2D eigenvalue weighted by Crippen LogP contribution is 2.33. The molecule has 1 aliphatic heterocycles. The first-order chi connectivity index (χ1) is 48.9. The van der Waals surface area contributed by atoms with Crippen LogP contribution in [-0.4, -0.2) is 56.0 Å². The molecule has 18 heteroatoms. The van der Waals surface area contributed by atoms with Crippen molar-refractivity contribution in [3.05, 3.63) is 175 Å². The minimum Gasteiger partial charge on any atom is -0.469 e. The van der Waals surface area contributed by atoms with Gasteiger partial charge in [0.1, 0.15) is 46.1 Å². The van der Waals surface area contributed by atoms with Gasteiger partial charge >= 0.3 is 0 Å². The summed E-state index contributed by atoms with van der Waals surface area (Å²) >= 11 is 0. The van der Waals surface area contributed by atoms with Gasteiger partial charge in [0.05, 0.1) is 46.6 Å². The smallest absolute Gasteiger partial charge is 0.191 e. The van der Waals surface area contributed by atoms with Gasteiger partial charge in [-0.1, -0.05) is 257 Å². The predicted molar refractivity (Wildman–Crippen MR) is 448 cm³/mol. The molecule has 0 amide bonds. The fraction of sp³-hybridized carbons (Fsp3) is 0.656. The summed E-state index contributed by atoms with van der Waals surface area (Å²) in [4.78, 5) is 21.1. The number of hydrogen-bond acceptors (Lipinski definition) is 16. The number of aryl methyl sites for hydroxylation is 12. The Morgan fingerprint density at radius 1 is 0.454 bits per heavy atom. The topological polar surface area (TPSA) is 217 Å². The summed E-state index contributed by atoms with van der Waals surface area (Å²) in [5.41, 5.74) is 14.2. The molecule has 18 nitrogen and oxygen atoms in total. The molecule has 10 heterocycles. The molecule has 10 rings (SSSR count). The second-order valence-corrected chi connectivity index (χ2v) is 38.4. The van der Waals surface area contributed by atoms with E-state index in [0.717, 1.165) is 124 Å². The van der Waals surface area contributed by atoms with Crippen LogP contribution >= 0.6 is 0 Å². The first-order valence-corrected chi connectivity index (χ1v) is 38.8. The van der Waals surface area contributed by atoms with Gasteiger partial charge in [0.2, 0.25) is 0 Å². The maximum Gasteiger partial charge on any atom is 0.191 e. The van der Waals surface area contributed by atoms with Gasteiger partial charge in [-0.05, 0) is 82.9 Å². The van der Waals surface area contributed by atoms with Crippen molar-refractivity contribution in [1.29, 1.82) is 0 Å². The molecule has 0 spiro atoms. The second-order valence-electron chi connectivity index (χ2n) is 38.4. The van der Waals surface area contributed by atoms with Crippen molar-refractivity contribution in [2.75, 3.05) is 0 Å². The number of aromatic nitrogens is 10. The Kier molecular flexibility index (Phi) is 36.8. The molecule has 0 unspecified atom stereocenters. The van der Waals surface area contributed by atoms with Gasteiger partial charge in [-0.3, -0.25) is 9.67 Å². The molecule has 0 aromatic carbocycles. The summed E-state index contributed by atoms with van der Waals surface area (Å²) in [7, 11) is 4.04. The first-order valence-electron chi connectivity index (χ1n) is 38.8. The lowest BCUT2D eigenvalue weighted by Gasteiger charge is -2.18. The van der Waals surface area contributed by atoms with Crippen LogP contribution in [0.15, 0.2) is 91.1 Å². The van der Waals surface area contributed by atoms with Crippen LogP contribution in [0.5, 0.6) is 0 Å². The van der Waals surface area contributed by atoms with Crippen molar-refractivity contribution in [3.8, 4) is 0 Å². The SMILES string of the molecule is CC(C)(C)C1=CCC=N1.CCc1c(C)noc1C(C)(C)C.CCc1ccoc1C(C)(C)C.CCc1nc(C)oc1C(C)(C)C.CCc1nn(C)cc1C(C)(C)C.Cc1cc(C(C)(C)C)no1.Cc1cc(C(C)(C)C)on1.Cc1nc(C(C)(C)C)c(C)o1.Cc1ncc(C(C)(C)C)n1C.Cc1ncc(C(C)(C)C)o1. The van der Waals surface area contributed by atoms with Gasteiger partial charge in [0.15, 0.2) is 17.7 Å². The van der Waals surface area contributed by atoms with Crippen molar-refractivity contribution in [2.24, 2.45) is 24.5 Å². The van der Waals surface area contributed by atoms with E-state index >= 15 is 0 Å². The summed E-state index contributed by atoms with van der Waals surface area (Å²) in [5, 5.41) is 16.1. The summed E-state index contributed by atoms with van der Waals surface area (Å²) in [6.07, 6.45) is 16.8. The number of nitrogens with zero attached hydrogens (tertiary/aromatic N) is 11. The highest BCUT2D eigenvalue weighted by atomic mass is 16.5. The van der Waals surface area contributed by atoms with Gasteiger partial charge in [-0.25, -0.2) is 19.9 Å². The minimum atomic E-state index is 0.0760. The quantitative estimate of drug-likeness (QED) is 0.160. The third-order valence-electron chi connectivity index (χ3n) is 16.8. The molecule has 0 N–H and O–H groups in total. The molecule has 0 radical (unpaired) electrons. The monoisotopic (exact) mass is 1500 g/mol. The fourth-order valence-electron chi connectivity index (χ4n) is 10.8. The number of aliphatic imine (C=N–C) groups is 1. The summed E-state index contributed by atoms with van der Waals surface area (Å²) in [5.74, 6) is 10.3. The number of allylic oxidation sites excluding steroid dienone is 2. The zero-order valence-corrected chi connectivity index (χ0v) is 76.5. The van der Waals surface area contributed by atoms with Crippen molar-refractivity contribution >= 4 is 6.21 Å². The van der Waals surface area contributed by atoms with E-state index in [4.69, 9.17) is 31.2 Å². The Bertz CT molecular complexity index is 3910. The molecular weight excluding hydrogens is 1350 g/mol. The molecule has 9 aromatic heterocycles. The van der Waals surface area contributed by atoms with Crippen LogP contribution in [0.4, 0.5) is 0 Å². The van der Waals surface area contributed by atoms with Crippen molar-refractivity contribution < 1.29 is 31.2 Å². The third kappa shape index (κ3) is 33.7. The lowest BCUT2D eigenvalue weighted by molar-refractivity contribution is 0.325. The zero-order valence-electron chi connectivity index (χ0n) is 76.5. The highest BCUT2D eigenvalue weighted by Gasteiger charge is 2.28. The lowest BCUT2D eigenvalue weighted by atomic mass is 9.87. The Labute approximate surface area is 655 Å². The Morgan fingerprint density at radius 2 is 1.00 bits per heavy atom. The zero-order chi connectivity index (χ0) is 84.1. The maximum absolute atomic E-state index is 5.56. The Hall–Kier alpha value is -7.63. The van der Waals surface area contributed by atoms with E-state index < -0.39 is 0 Å². The molecule has 0 fully saturated rings. The third-order valence-corrected chi connectivity index (χ3v) is 16.8. The molecule has 0 atom stereocenters. The van der Waals surface area contributed by atoms with Gasteiger partial charge in [0.25, 0.3) is 0 Å². The van der Waals surface area contributed by atoms with Crippen LogP contribution in [0, 0.1) is 60.8 Å². The van der Waals surface area contributed by atoms with Gasteiger partial charge < -0.3 is 35.8 Å². The molecule has 0 saturated heterocycles. The van der Waals surface area contributed by atoms with Crippen LogP contribution in [0.2, 0.25) is 0 Å². The average Bonchev–Trinajstić information content (AvgIpc) is 1.69. The van der Waals surface area contributed by atoms with Crippen LogP contribution in [0.25, 0.3) is 0 Å². The van der Waals surface area contributed by atoms with E-state index in [1.54, 1.807) is 12.5 Å². The largest absolute Gasteiger partial charge is 0.469 e. The van der Waals surface area contributed by atoms with E-state index in [1.165, 1.54) is 33.8 Å². The lowest BCUT2D eigenvalue weighted by Crippen LogP contribution is -2.16. The molecular formula is C90H151N11O7. The normalized spacial score (nSPS) is 12.6. The number of imidazole rings is 1. The second kappa shape index (κ2) is 40.4. The number of rotatable bonds is 4. The van der Waals surface area contributed by atoms with E-state index in [-0.39, 0.29) is 54.1 Å². The number of furan rings is 1. The number of oxazole rings is 3. The summed E-state index contributed by atoms with van der Waals surface area (Å²) in [6, 6.07) is 6.00. The van der Waals surface area contributed by atoms with Crippen LogP contribution in [0.1, 0.15) is 362 Å². The molecule has 0 aliphatic carbocycles. The van der Waals surface area contributed by atoms with Gasteiger partial charge in [-0.2, -0.15) is 5.10 Å². The van der Waals surface area contributed by atoms with Crippen molar-refractivity contribution in [3.63, 3.8) is 0 Å². The standard InChI is InChI=1S/C10H18N2.2C10H17NO.C10H16O.C9H16N2.C9H15NO.3C8H13NO.C8H13N/c1-6-9-8(10(2,3)4)7-12(5)11-9;1-6-8-9(10(3,4)5)12-7(2)11-8;1-6-8-7(2)11-12-9(8)10(3,4)5;1-5-8-6-7-11-9(8)10(2,3)4;1-7-10-6-8(11(7)5)9(2,3)4;1-6-8(9(3,4)5)10-7(2)11-6;1-6-9-5-7(10-6)8(2,3)4;1-6-5-7(9-10-6)8(2,3)4;1-6-5-7(10-9-6)8(2,3)4;1-8(2,3)7-5-4-6-9-7/h7H,6H2,1-5H3;2*6H2,1-5H3;6-7H,5H2,1-4H3;6H,1-5H3;1-5H3;3*5H,1-4H3;5-6H,4H2,1-3H3. The van der Waals surface area contributed by atoms with Crippen LogP contribution < -0.4 is 0 Å². The molecule has 108 heavy (non-hydrogen) atoms. The highest BCUT2D eigenvalue weighted by molar-refractivity contribution is 5.65. The fourth-order valence-corrected chi connectivity index (χ4v) is 10.8. The van der Waals surface area contributed by atoms with Gasteiger partial charge in [0, 0.05) is 138 Å². The van der Waals surface area contributed by atoms with Crippen LogP contribution in [0.3, 0.4) is 0 Å².